The van der Waals surface area contributed by atoms with Crippen molar-refractivity contribution in [2.75, 3.05) is 13.6 Å². The van der Waals surface area contributed by atoms with Gasteiger partial charge in [-0.25, -0.2) is 4.72 Å². The summed E-state index contributed by atoms with van der Waals surface area (Å²) in [4.78, 5) is 11.2. The van der Waals surface area contributed by atoms with Crippen LogP contribution in [0, 0.1) is 5.41 Å². The lowest BCUT2D eigenvalue weighted by atomic mass is 9.88. The largest absolute Gasteiger partial charge is 0.481 e. The molecule has 7 heteroatoms. The molecule has 0 fully saturated rings. The monoisotopic (exact) mass is 314 g/mol. The van der Waals surface area contributed by atoms with E-state index in [9.17, 15) is 13.2 Å². The molecule has 0 spiro atoms. The first-order valence-electron chi connectivity index (χ1n) is 6.69. The van der Waals surface area contributed by atoms with Gasteiger partial charge in [-0.3, -0.25) is 4.79 Å². The molecule has 0 saturated carbocycles. The summed E-state index contributed by atoms with van der Waals surface area (Å²) in [5.74, 6) is -1.02. The van der Waals surface area contributed by atoms with Gasteiger partial charge in [-0.1, -0.05) is 37.3 Å². The lowest BCUT2D eigenvalue weighted by molar-refractivity contribution is -0.147. The van der Waals surface area contributed by atoms with Crippen LogP contribution < -0.4 is 4.72 Å². The second kappa shape index (κ2) is 7.02. The Kier molecular flexibility index (Phi) is 5.88. The van der Waals surface area contributed by atoms with Crippen LogP contribution in [0.5, 0.6) is 0 Å². The van der Waals surface area contributed by atoms with Crippen molar-refractivity contribution in [3.8, 4) is 0 Å². The maximum atomic E-state index is 12.1. The molecule has 0 aliphatic heterocycles. The van der Waals surface area contributed by atoms with E-state index in [1.165, 1.54) is 18.3 Å². The van der Waals surface area contributed by atoms with Crippen LogP contribution in [-0.2, 0) is 21.5 Å². The maximum absolute atomic E-state index is 12.1. The minimum absolute atomic E-state index is 0.139. The highest BCUT2D eigenvalue weighted by Crippen LogP contribution is 2.20. The van der Waals surface area contributed by atoms with Gasteiger partial charge in [-0.2, -0.15) is 12.7 Å². The van der Waals surface area contributed by atoms with Gasteiger partial charge in [0.2, 0.25) is 0 Å². The van der Waals surface area contributed by atoms with Crippen LogP contribution in [0.15, 0.2) is 30.3 Å². The van der Waals surface area contributed by atoms with Crippen molar-refractivity contribution in [1.29, 1.82) is 0 Å². The number of carbonyl (C=O) groups is 1. The molecule has 2 N–H and O–H groups in total. The molecule has 0 aliphatic carbocycles. The Hall–Kier alpha value is -1.44. The SMILES string of the molecule is CCC(C)(CNS(=O)(=O)N(C)Cc1ccccc1)C(=O)O. The number of aliphatic carboxylic acids is 1. The van der Waals surface area contributed by atoms with Crippen molar-refractivity contribution in [2.24, 2.45) is 5.41 Å². The zero-order valence-electron chi connectivity index (χ0n) is 12.5. The third-order valence-electron chi connectivity index (χ3n) is 3.60. The molecule has 1 atom stereocenters. The Bertz CT molecular complexity index is 574. The highest BCUT2D eigenvalue weighted by Gasteiger charge is 2.33. The summed E-state index contributed by atoms with van der Waals surface area (Å²) in [7, 11) is -2.26. The topological polar surface area (TPSA) is 86.7 Å². The number of nitrogens with one attached hydrogen (secondary N) is 1. The van der Waals surface area contributed by atoms with E-state index in [1.54, 1.807) is 6.92 Å². The van der Waals surface area contributed by atoms with Crippen molar-refractivity contribution in [3.63, 3.8) is 0 Å². The van der Waals surface area contributed by atoms with Gasteiger partial charge in [-0.15, -0.1) is 0 Å². The third-order valence-corrected chi connectivity index (χ3v) is 5.06. The van der Waals surface area contributed by atoms with E-state index in [2.05, 4.69) is 4.72 Å². The zero-order chi connectivity index (χ0) is 16.1. The molecular weight excluding hydrogens is 292 g/mol. The van der Waals surface area contributed by atoms with Gasteiger partial charge in [0, 0.05) is 20.1 Å². The minimum atomic E-state index is -3.72. The van der Waals surface area contributed by atoms with Gasteiger partial charge in [0.1, 0.15) is 0 Å². The minimum Gasteiger partial charge on any atom is -0.481 e. The summed E-state index contributed by atoms with van der Waals surface area (Å²) in [6.07, 6.45) is 0.341. The summed E-state index contributed by atoms with van der Waals surface area (Å²) in [5.41, 5.74) is -0.248. The average Bonchev–Trinajstić information content (AvgIpc) is 2.45. The molecule has 21 heavy (non-hydrogen) atoms. The van der Waals surface area contributed by atoms with Gasteiger partial charge in [-0.05, 0) is 18.9 Å². The number of carboxylic acid groups (broad SMARTS) is 1. The van der Waals surface area contributed by atoms with Gasteiger partial charge in [0.15, 0.2) is 0 Å². The normalized spacial score (nSPS) is 14.9. The molecule has 0 amide bonds. The first-order valence-corrected chi connectivity index (χ1v) is 8.13. The maximum Gasteiger partial charge on any atom is 0.310 e. The molecule has 118 valence electrons. The highest BCUT2D eigenvalue weighted by atomic mass is 32.2. The van der Waals surface area contributed by atoms with E-state index >= 15 is 0 Å². The van der Waals surface area contributed by atoms with E-state index in [0.29, 0.717) is 6.42 Å². The molecule has 1 rings (SSSR count). The average molecular weight is 314 g/mol. The van der Waals surface area contributed by atoms with Crippen molar-refractivity contribution in [3.05, 3.63) is 35.9 Å². The van der Waals surface area contributed by atoms with E-state index in [4.69, 9.17) is 5.11 Å². The van der Waals surface area contributed by atoms with E-state index < -0.39 is 21.6 Å². The molecule has 0 aromatic heterocycles. The summed E-state index contributed by atoms with van der Waals surface area (Å²) in [5, 5.41) is 9.15. The zero-order valence-corrected chi connectivity index (χ0v) is 13.4. The molecule has 0 aliphatic rings. The van der Waals surface area contributed by atoms with Gasteiger partial charge in [0.25, 0.3) is 10.2 Å². The smallest absolute Gasteiger partial charge is 0.310 e. The van der Waals surface area contributed by atoms with Crippen molar-refractivity contribution in [1.82, 2.24) is 9.03 Å². The molecule has 0 bridgehead atoms. The van der Waals surface area contributed by atoms with Crippen LogP contribution in [0.4, 0.5) is 0 Å². The van der Waals surface area contributed by atoms with Crippen molar-refractivity contribution >= 4 is 16.2 Å². The Labute approximate surface area is 126 Å². The summed E-state index contributed by atoms with van der Waals surface area (Å²) >= 11 is 0. The second-order valence-electron chi connectivity index (χ2n) is 5.29. The molecular formula is C14H22N2O4S. The van der Waals surface area contributed by atoms with Gasteiger partial charge >= 0.3 is 5.97 Å². The fourth-order valence-electron chi connectivity index (χ4n) is 1.64. The molecule has 1 aromatic rings. The first-order chi connectivity index (χ1) is 9.71. The Morgan fingerprint density at radius 2 is 1.90 bits per heavy atom. The number of benzene rings is 1. The number of rotatable bonds is 8. The fourth-order valence-corrected chi connectivity index (χ4v) is 2.68. The number of carboxylic acids is 1. The van der Waals surface area contributed by atoms with Gasteiger partial charge in [0.05, 0.1) is 5.41 Å². The molecule has 1 unspecified atom stereocenters. The van der Waals surface area contributed by atoms with E-state index in [0.717, 1.165) is 5.56 Å². The van der Waals surface area contributed by atoms with Gasteiger partial charge < -0.3 is 5.11 Å². The summed E-state index contributed by atoms with van der Waals surface area (Å²) in [6, 6.07) is 9.19. The second-order valence-corrected chi connectivity index (χ2v) is 7.15. The highest BCUT2D eigenvalue weighted by molar-refractivity contribution is 7.87. The molecule has 1 aromatic carbocycles. The van der Waals surface area contributed by atoms with Crippen molar-refractivity contribution in [2.45, 2.75) is 26.8 Å². The number of nitrogens with zero attached hydrogens (tertiary/aromatic N) is 1. The Morgan fingerprint density at radius 1 is 1.33 bits per heavy atom. The summed E-state index contributed by atoms with van der Waals surface area (Å²) in [6.45, 7) is 3.33. The quantitative estimate of drug-likeness (QED) is 0.760. The number of hydrogen-bond donors (Lipinski definition) is 2. The predicted molar refractivity (Wildman–Crippen MR) is 80.9 cm³/mol. The van der Waals surface area contributed by atoms with Crippen LogP contribution in [0.3, 0.4) is 0 Å². The molecule has 0 saturated heterocycles. The van der Waals surface area contributed by atoms with Crippen LogP contribution in [0.2, 0.25) is 0 Å². The lowest BCUT2D eigenvalue weighted by Gasteiger charge is -2.25. The van der Waals surface area contributed by atoms with Crippen LogP contribution in [0.1, 0.15) is 25.8 Å². The Morgan fingerprint density at radius 3 is 2.38 bits per heavy atom. The van der Waals surface area contributed by atoms with Crippen molar-refractivity contribution < 1.29 is 18.3 Å². The molecule has 0 radical (unpaired) electrons. The summed E-state index contributed by atoms with van der Waals surface area (Å²) < 4.78 is 27.8. The fraction of sp³-hybridized carbons (Fsp3) is 0.500. The van der Waals surface area contributed by atoms with Crippen LogP contribution in [-0.4, -0.2) is 37.4 Å². The Balaban J connectivity index is 2.71. The lowest BCUT2D eigenvalue weighted by Crippen LogP contribution is -2.45. The molecule has 0 heterocycles. The standard InChI is InChI=1S/C14H22N2O4S/c1-4-14(2,13(17)18)11-15-21(19,20)16(3)10-12-8-6-5-7-9-12/h5-9,15H,4,10-11H2,1-3H3,(H,17,18). The predicted octanol–water partition coefficient (Wildman–Crippen LogP) is 1.45. The third kappa shape index (κ3) is 4.80. The van der Waals surface area contributed by atoms with Crippen LogP contribution in [0.25, 0.3) is 0 Å². The van der Waals surface area contributed by atoms with E-state index in [1.807, 2.05) is 30.3 Å². The van der Waals surface area contributed by atoms with E-state index in [-0.39, 0.29) is 13.1 Å². The number of hydrogen-bond acceptors (Lipinski definition) is 3. The molecule has 6 nitrogen and oxygen atoms in total. The first kappa shape index (κ1) is 17.6. The van der Waals surface area contributed by atoms with Crippen LogP contribution >= 0.6 is 0 Å².